The normalized spacial score (nSPS) is 11.1. The van der Waals surface area contributed by atoms with Crippen LogP contribution < -0.4 is 4.74 Å². The number of rotatable bonds is 21. The molecule has 0 aliphatic carbocycles. The number of aromatic nitrogens is 2. The number of benzene rings is 1. The number of hydrogen-bond donors (Lipinski definition) is 0. The summed E-state index contributed by atoms with van der Waals surface area (Å²) in [6, 6.07) is 8.75. The van der Waals surface area contributed by atoms with Gasteiger partial charge in [-0.2, -0.15) is 0 Å². The highest BCUT2D eigenvalue weighted by Crippen LogP contribution is 2.19. The molecule has 0 amide bonds. The van der Waals surface area contributed by atoms with E-state index in [0.29, 0.717) is 0 Å². The fourth-order valence-electron chi connectivity index (χ4n) is 4.43. The Morgan fingerprint density at radius 2 is 1.03 bits per heavy atom. The Bertz CT molecular complexity index is 711. The second-order valence-corrected chi connectivity index (χ2v) is 9.84. The second kappa shape index (κ2) is 19.4. The predicted octanol–water partition coefficient (Wildman–Crippen LogP) is 9.74. The Morgan fingerprint density at radius 3 is 1.56 bits per heavy atom. The molecule has 0 unspecified atom stereocenters. The Morgan fingerprint density at radius 1 is 0.559 bits per heavy atom. The maximum Gasteiger partial charge on any atom is 0.159 e. The summed E-state index contributed by atoms with van der Waals surface area (Å²) >= 11 is 0. The van der Waals surface area contributed by atoms with Gasteiger partial charge in [0.05, 0.1) is 19.0 Å². The van der Waals surface area contributed by atoms with Crippen LogP contribution in [0.1, 0.15) is 129 Å². The molecule has 1 heterocycles. The lowest BCUT2D eigenvalue weighted by Gasteiger charge is -2.07. The zero-order valence-electron chi connectivity index (χ0n) is 22.2. The molecule has 0 spiro atoms. The molecule has 3 nitrogen and oxygen atoms in total. The molecular weight excluding hydrogens is 416 g/mol. The number of nitrogens with zero attached hydrogens (tertiary/aromatic N) is 2. The first-order valence-corrected chi connectivity index (χ1v) is 14.4. The average Bonchev–Trinajstić information content (AvgIpc) is 2.87. The van der Waals surface area contributed by atoms with Crippen LogP contribution in [-0.2, 0) is 6.42 Å². The molecule has 3 heteroatoms. The molecule has 1 aromatic heterocycles. The predicted molar refractivity (Wildman–Crippen MR) is 147 cm³/mol. The van der Waals surface area contributed by atoms with Crippen LogP contribution in [0.15, 0.2) is 36.7 Å². The van der Waals surface area contributed by atoms with E-state index in [4.69, 9.17) is 4.74 Å². The first-order valence-electron chi connectivity index (χ1n) is 14.4. The molecule has 0 aliphatic heterocycles. The van der Waals surface area contributed by atoms with E-state index in [1.165, 1.54) is 115 Å². The molecular formula is C31H50N2O. The highest BCUT2D eigenvalue weighted by Gasteiger charge is 2.03. The third kappa shape index (κ3) is 13.1. The first kappa shape index (κ1) is 28.3. The van der Waals surface area contributed by atoms with E-state index < -0.39 is 0 Å². The highest BCUT2D eigenvalue weighted by molar-refractivity contribution is 5.55. The monoisotopic (exact) mass is 466 g/mol. The van der Waals surface area contributed by atoms with Crippen molar-refractivity contribution in [3.8, 4) is 17.1 Å². The lowest BCUT2D eigenvalue weighted by molar-refractivity contribution is 0.302. The summed E-state index contributed by atoms with van der Waals surface area (Å²) in [4.78, 5) is 9.05. The second-order valence-electron chi connectivity index (χ2n) is 9.84. The van der Waals surface area contributed by atoms with E-state index >= 15 is 0 Å². The van der Waals surface area contributed by atoms with Crippen molar-refractivity contribution in [3.63, 3.8) is 0 Å². The van der Waals surface area contributed by atoms with Crippen LogP contribution in [0.4, 0.5) is 0 Å². The molecule has 0 saturated carbocycles. The van der Waals surface area contributed by atoms with E-state index in [1.54, 1.807) is 0 Å². The van der Waals surface area contributed by atoms with Gasteiger partial charge in [0.25, 0.3) is 0 Å². The summed E-state index contributed by atoms with van der Waals surface area (Å²) in [6.07, 6.45) is 27.7. The minimum atomic E-state index is 0.756. The Balaban J connectivity index is 1.56. The van der Waals surface area contributed by atoms with E-state index in [9.17, 15) is 0 Å². The van der Waals surface area contributed by atoms with Crippen LogP contribution >= 0.6 is 0 Å². The molecule has 0 N–H and O–H groups in total. The van der Waals surface area contributed by atoms with Gasteiger partial charge in [0.1, 0.15) is 0 Å². The molecule has 2 rings (SSSR count). The van der Waals surface area contributed by atoms with Gasteiger partial charge in [-0.1, -0.05) is 134 Å². The van der Waals surface area contributed by atoms with Crippen LogP contribution in [-0.4, -0.2) is 16.6 Å². The summed E-state index contributed by atoms with van der Waals surface area (Å²) < 4.78 is 5.85. The topological polar surface area (TPSA) is 35.0 Å². The average molecular weight is 467 g/mol. The fraction of sp³-hybridized carbons (Fsp3) is 0.677. The molecule has 0 fully saturated rings. The minimum absolute atomic E-state index is 0.756. The number of aryl methyl sites for hydroxylation is 1. The standard InChI is InChI=1S/C31H50N2O/c1-3-5-7-9-11-12-13-15-17-19-25-34-30-26-32-31(33-27-30)29-23-21-28(22-24-29)20-18-16-14-10-8-6-4-2/h21-24,26-27H,3-20,25H2,1-2H3. The van der Waals surface area contributed by atoms with Gasteiger partial charge in [0.15, 0.2) is 11.6 Å². The van der Waals surface area contributed by atoms with Crippen molar-refractivity contribution in [2.45, 2.75) is 129 Å². The fourth-order valence-corrected chi connectivity index (χ4v) is 4.43. The zero-order chi connectivity index (χ0) is 24.1. The molecule has 0 radical (unpaired) electrons. The Kier molecular flexibility index (Phi) is 16.2. The van der Waals surface area contributed by atoms with Crippen molar-refractivity contribution < 1.29 is 4.74 Å². The lowest BCUT2D eigenvalue weighted by Crippen LogP contribution is -1.99. The van der Waals surface area contributed by atoms with Crippen molar-refractivity contribution in [2.75, 3.05) is 6.61 Å². The molecule has 0 atom stereocenters. The van der Waals surface area contributed by atoms with Gasteiger partial charge in [-0.3, -0.25) is 0 Å². The van der Waals surface area contributed by atoms with E-state index in [2.05, 4.69) is 48.1 Å². The quantitative estimate of drug-likeness (QED) is 0.172. The third-order valence-corrected chi connectivity index (χ3v) is 6.68. The largest absolute Gasteiger partial charge is 0.490 e. The minimum Gasteiger partial charge on any atom is -0.490 e. The van der Waals surface area contributed by atoms with Crippen molar-refractivity contribution in [1.29, 1.82) is 0 Å². The highest BCUT2D eigenvalue weighted by atomic mass is 16.5. The van der Waals surface area contributed by atoms with Gasteiger partial charge in [0.2, 0.25) is 0 Å². The maximum absolute atomic E-state index is 5.85. The summed E-state index contributed by atoms with van der Waals surface area (Å²) in [6.45, 7) is 5.31. The first-order chi connectivity index (χ1) is 16.8. The van der Waals surface area contributed by atoms with Gasteiger partial charge < -0.3 is 4.74 Å². The smallest absolute Gasteiger partial charge is 0.159 e. The SMILES string of the molecule is CCCCCCCCCCCCOc1cnc(-c2ccc(CCCCCCCCC)cc2)nc1. The molecule has 0 aliphatic rings. The van der Waals surface area contributed by atoms with E-state index in [-0.39, 0.29) is 0 Å². The van der Waals surface area contributed by atoms with Crippen LogP contribution in [0.25, 0.3) is 11.4 Å². The Labute approximate surface area is 210 Å². The molecule has 0 bridgehead atoms. The lowest BCUT2D eigenvalue weighted by atomic mass is 10.0. The molecule has 2 aromatic rings. The summed E-state index contributed by atoms with van der Waals surface area (Å²) in [7, 11) is 0. The van der Waals surface area contributed by atoms with Crippen LogP contribution in [0, 0.1) is 0 Å². The molecule has 34 heavy (non-hydrogen) atoms. The van der Waals surface area contributed by atoms with Gasteiger partial charge in [-0.25, -0.2) is 9.97 Å². The van der Waals surface area contributed by atoms with Gasteiger partial charge >= 0.3 is 0 Å². The van der Waals surface area contributed by atoms with Crippen LogP contribution in [0.5, 0.6) is 5.75 Å². The summed E-state index contributed by atoms with van der Waals surface area (Å²) in [5.41, 5.74) is 2.48. The van der Waals surface area contributed by atoms with Gasteiger partial charge in [0, 0.05) is 5.56 Å². The number of hydrogen-bond acceptors (Lipinski definition) is 3. The third-order valence-electron chi connectivity index (χ3n) is 6.68. The van der Waals surface area contributed by atoms with Crippen LogP contribution in [0.3, 0.4) is 0 Å². The van der Waals surface area contributed by atoms with Gasteiger partial charge in [-0.05, 0) is 24.8 Å². The summed E-state index contributed by atoms with van der Waals surface area (Å²) in [5, 5.41) is 0. The molecule has 0 saturated heterocycles. The van der Waals surface area contributed by atoms with E-state index in [1.807, 2.05) is 12.4 Å². The van der Waals surface area contributed by atoms with Crippen molar-refractivity contribution >= 4 is 0 Å². The maximum atomic E-state index is 5.85. The van der Waals surface area contributed by atoms with E-state index in [0.717, 1.165) is 30.2 Å². The summed E-state index contributed by atoms with van der Waals surface area (Å²) in [5.74, 6) is 1.55. The van der Waals surface area contributed by atoms with Crippen LogP contribution in [0.2, 0.25) is 0 Å². The number of ether oxygens (including phenoxy) is 1. The number of unbranched alkanes of at least 4 members (excludes halogenated alkanes) is 15. The van der Waals surface area contributed by atoms with Crippen molar-refractivity contribution in [3.05, 3.63) is 42.2 Å². The van der Waals surface area contributed by atoms with Gasteiger partial charge in [-0.15, -0.1) is 0 Å². The zero-order valence-corrected chi connectivity index (χ0v) is 22.2. The molecule has 1 aromatic carbocycles. The Hall–Kier alpha value is -1.90. The van der Waals surface area contributed by atoms with Crippen molar-refractivity contribution in [2.24, 2.45) is 0 Å². The van der Waals surface area contributed by atoms with Crippen molar-refractivity contribution in [1.82, 2.24) is 9.97 Å². The molecule has 190 valence electrons.